The van der Waals surface area contributed by atoms with Crippen LogP contribution in [0.3, 0.4) is 0 Å². The summed E-state index contributed by atoms with van der Waals surface area (Å²) in [6.45, 7) is 1.36. The Morgan fingerprint density at radius 3 is 2.31 bits per heavy atom. The second kappa shape index (κ2) is 10.3. The number of aliphatic hydroxyl groups is 2. The number of hydrogen-bond donors (Lipinski definition) is 2. The number of benzene rings is 2. The summed E-state index contributed by atoms with van der Waals surface area (Å²) < 4.78 is 5.83. The van der Waals surface area contributed by atoms with E-state index in [-0.39, 0.29) is 31.7 Å². The van der Waals surface area contributed by atoms with Gasteiger partial charge in [0.15, 0.2) is 0 Å². The van der Waals surface area contributed by atoms with Crippen molar-refractivity contribution in [2.24, 2.45) is 0 Å². The van der Waals surface area contributed by atoms with Gasteiger partial charge in [0.05, 0.1) is 31.3 Å². The minimum atomic E-state index is -0.215. The third kappa shape index (κ3) is 4.73. The number of carbonyl (C=O) groups is 1. The van der Waals surface area contributed by atoms with Crippen molar-refractivity contribution in [3.8, 4) is 6.07 Å². The molecular weight excluding hydrogens is 406 g/mol. The fourth-order valence-corrected chi connectivity index (χ4v) is 5.33. The first-order chi connectivity index (χ1) is 15.6. The molecule has 0 spiro atoms. The van der Waals surface area contributed by atoms with Crippen LogP contribution < -0.4 is 4.90 Å². The number of piperidine rings is 1. The normalized spacial score (nSPS) is 22.3. The summed E-state index contributed by atoms with van der Waals surface area (Å²) in [6.07, 6.45) is 3.96. The van der Waals surface area contributed by atoms with Crippen molar-refractivity contribution in [1.82, 2.24) is 4.90 Å². The van der Waals surface area contributed by atoms with E-state index >= 15 is 0 Å². The lowest BCUT2D eigenvalue weighted by Crippen LogP contribution is -2.46. The Balaban J connectivity index is 1.41. The van der Waals surface area contributed by atoms with E-state index in [9.17, 15) is 10.1 Å². The fourth-order valence-electron chi connectivity index (χ4n) is 5.33. The number of esters is 1. The van der Waals surface area contributed by atoms with Crippen LogP contribution in [-0.4, -0.2) is 72.1 Å². The highest BCUT2D eigenvalue weighted by Crippen LogP contribution is 2.43. The number of nitrogens with zero attached hydrogens (tertiary/aromatic N) is 3. The van der Waals surface area contributed by atoms with Gasteiger partial charge >= 0.3 is 5.97 Å². The van der Waals surface area contributed by atoms with E-state index in [4.69, 9.17) is 14.9 Å². The number of rotatable bonds is 9. The molecule has 2 aromatic rings. The number of fused-ring (bicyclic) bond motifs is 3. The smallest absolute Gasteiger partial charge is 0.307 e. The largest absolute Gasteiger partial charge is 0.462 e. The first-order valence-electron chi connectivity index (χ1n) is 11.5. The molecule has 2 aromatic carbocycles. The minimum Gasteiger partial charge on any atom is -0.462 e. The molecule has 2 N–H and O–H groups in total. The molecule has 2 fully saturated rings. The van der Waals surface area contributed by atoms with Crippen LogP contribution in [0, 0.1) is 11.3 Å². The summed E-state index contributed by atoms with van der Waals surface area (Å²) in [5.41, 5.74) is 1.86. The Kier molecular flexibility index (Phi) is 7.26. The second-order valence-electron chi connectivity index (χ2n) is 8.70. The molecule has 0 saturated carbocycles. The van der Waals surface area contributed by atoms with E-state index in [1.54, 1.807) is 0 Å². The molecule has 170 valence electrons. The number of ether oxygens (including phenoxy) is 1. The van der Waals surface area contributed by atoms with Crippen LogP contribution in [0.2, 0.25) is 0 Å². The highest BCUT2D eigenvalue weighted by atomic mass is 16.5. The van der Waals surface area contributed by atoms with Crippen LogP contribution in [0.5, 0.6) is 0 Å². The van der Waals surface area contributed by atoms with Crippen molar-refractivity contribution >= 4 is 22.4 Å². The fraction of sp³-hybridized carbons (Fsp3) is 0.520. The topological polar surface area (TPSA) is 97.0 Å². The van der Waals surface area contributed by atoms with E-state index < -0.39 is 0 Å². The number of hydrogen-bond acceptors (Lipinski definition) is 7. The third-order valence-corrected chi connectivity index (χ3v) is 6.75. The molecule has 2 aliphatic rings. The Morgan fingerprint density at radius 2 is 1.69 bits per heavy atom. The second-order valence-corrected chi connectivity index (χ2v) is 8.70. The standard InChI is InChI=1S/C25H31N3O4/c26-17-18-5-8-24(23-4-2-1-3-22(18)23)28-19-6-7-20(28)16-21(15-19)32-25(31)9-10-27(11-13-29)12-14-30/h1-5,8,19-21,29-30H,6-7,9-16H2/t19-,20+,21+. The van der Waals surface area contributed by atoms with E-state index in [2.05, 4.69) is 23.1 Å². The average Bonchev–Trinajstić information content (AvgIpc) is 3.06. The lowest BCUT2D eigenvalue weighted by molar-refractivity contribution is -0.151. The van der Waals surface area contributed by atoms with Crippen LogP contribution in [-0.2, 0) is 9.53 Å². The van der Waals surface area contributed by atoms with Crippen molar-refractivity contribution in [2.75, 3.05) is 37.7 Å². The molecule has 7 heteroatoms. The first kappa shape index (κ1) is 22.5. The molecule has 0 amide bonds. The summed E-state index contributed by atoms with van der Waals surface area (Å²) in [7, 11) is 0. The SMILES string of the molecule is N#Cc1ccc(N2[C@@H]3CC[C@H]2C[C@@H](OC(=O)CCN(CCO)CCO)C3)c2ccccc12. The minimum absolute atomic E-state index is 0.000889. The lowest BCUT2D eigenvalue weighted by Gasteiger charge is -2.40. The lowest BCUT2D eigenvalue weighted by atomic mass is 9.96. The molecule has 2 bridgehead atoms. The predicted molar refractivity (Wildman–Crippen MR) is 122 cm³/mol. The molecule has 3 atom stereocenters. The Bertz CT molecular complexity index is 969. The molecule has 32 heavy (non-hydrogen) atoms. The zero-order valence-electron chi connectivity index (χ0n) is 18.3. The summed E-state index contributed by atoms with van der Waals surface area (Å²) >= 11 is 0. The van der Waals surface area contributed by atoms with Gasteiger partial charge in [0.25, 0.3) is 0 Å². The zero-order valence-corrected chi connectivity index (χ0v) is 18.3. The summed E-state index contributed by atoms with van der Waals surface area (Å²) in [5, 5.41) is 29.8. The Hall–Kier alpha value is -2.66. The number of nitriles is 1. The number of aliphatic hydroxyl groups excluding tert-OH is 2. The molecular formula is C25H31N3O4. The average molecular weight is 438 g/mol. The van der Waals surface area contributed by atoms with Gasteiger partial charge in [0.2, 0.25) is 0 Å². The molecule has 0 aliphatic carbocycles. The van der Waals surface area contributed by atoms with Crippen molar-refractivity contribution in [3.05, 3.63) is 42.0 Å². The monoisotopic (exact) mass is 437 g/mol. The first-order valence-corrected chi connectivity index (χ1v) is 11.5. The maximum Gasteiger partial charge on any atom is 0.307 e. The van der Waals surface area contributed by atoms with Crippen molar-refractivity contribution in [3.63, 3.8) is 0 Å². The van der Waals surface area contributed by atoms with E-state index in [0.29, 0.717) is 37.3 Å². The maximum atomic E-state index is 12.4. The van der Waals surface area contributed by atoms with Crippen LogP contribution >= 0.6 is 0 Å². The summed E-state index contributed by atoms with van der Waals surface area (Å²) in [6, 6.07) is 15.0. The van der Waals surface area contributed by atoms with Gasteiger partial charge in [-0.25, -0.2) is 0 Å². The van der Waals surface area contributed by atoms with Crippen LogP contribution in [0.15, 0.2) is 36.4 Å². The Labute approximate surface area is 188 Å². The molecule has 0 radical (unpaired) electrons. The highest BCUT2D eigenvalue weighted by molar-refractivity contribution is 5.98. The van der Waals surface area contributed by atoms with Crippen molar-refractivity contribution in [2.45, 2.75) is 50.3 Å². The van der Waals surface area contributed by atoms with E-state index in [0.717, 1.165) is 36.5 Å². The van der Waals surface area contributed by atoms with Gasteiger partial charge in [-0.1, -0.05) is 24.3 Å². The Morgan fingerprint density at radius 1 is 1.03 bits per heavy atom. The van der Waals surface area contributed by atoms with Crippen LogP contribution in [0.1, 0.15) is 37.7 Å². The summed E-state index contributed by atoms with van der Waals surface area (Å²) in [4.78, 5) is 16.8. The van der Waals surface area contributed by atoms with Gasteiger partial charge in [0, 0.05) is 61.0 Å². The molecule has 2 heterocycles. The zero-order chi connectivity index (χ0) is 22.5. The molecule has 2 aliphatic heterocycles. The highest BCUT2D eigenvalue weighted by Gasteiger charge is 2.42. The van der Waals surface area contributed by atoms with E-state index in [1.807, 2.05) is 29.2 Å². The van der Waals surface area contributed by atoms with E-state index in [1.165, 1.54) is 5.69 Å². The number of carbonyl (C=O) groups excluding carboxylic acids is 1. The van der Waals surface area contributed by atoms with Gasteiger partial charge in [-0.2, -0.15) is 5.26 Å². The van der Waals surface area contributed by atoms with Gasteiger partial charge in [-0.15, -0.1) is 0 Å². The quantitative estimate of drug-likeness (QED) is 0.582. The van der Waals surface area contributed by atoms with Gasteiger partial charge in [-0.05, 0) is 25.0 Å². The maximum absolute atomic E-state index is 12.4. The van der Waals surface area contributed by atoms with Gasteiger partial charge < -0.3 is 19.8 Å². The van der Waals surface area contributed by atoms with Crippen molar-refractivity contribution in [1.29, 1.82) is 5.26 Å². The molecule has 7 nitrogen and oxygen atoms in total. The van der Waals surface area contributed by atoms with Crippen molar-refractivity contribution < 1.29 is 19.7 Å². The van der Waals surface area contributed by atoms with Crippen LogP contribution in [0.25, 0.3) is 10.8 Å². The molecule has 4 rings (SSSR count). The van der Waals surface area contributed by atoms with Crippen LogP contribution in [0.4, 0.5) is 5.69 Å². The molecule has 0 unspecified atom stereocenters. The van der Waals surface area contributed by atoms with Gasteiger partial charge in [-0.3, -0.25) is 9.69 Å². The summed E-state index contributed by atoms with van der Waals surface area (Å²) in [5.74, 6) is -0.215. The van der Waals surface area contributed by atoms with Gasteiger partial charge in [0.1, 0.15) is 6.10 Å². The molecule has 2 saturated heterocycles. The number of anilines is 1. The molecule has 0 aromatic heterocycles. The third-order valence-electron chi connectivity index (χ3n) is 6.75. The predicted octanol–water partition coefficient (Wildman–Crippen LogP) is 2.43.